The Hall–Kier alpha value is -1.99. The zero-order valence-corrected chi connectivity index (χ0v) is 12.9. The molecule has 0 spiro atoms. The van der Waals surface area contributed by atoms with Crippen LogP contribution in [0.15, 0.2) is 15.8 Å². The van der Waals surface area contributed by atoms with E-state index in [1.54, 1.807) is 13.8 Å². The molecule has 0 radical (unpaired) electrons. The van der Waals surface area contributed by atoms with Crippen LogP contribution in [0.3, 0.4) is 0 Å². The smallest absolute Gasteiger partial charge is 0.330 e. The molecule has 2 aliphatic rings. The van der Waals surface area contributed by atoms with Crippen molar-refractivity contribution in [3.8, 4) is 6.07 Å². The number of aryl methyl sites for hydroxylation is 1. The van der Waals surface area contributed by atoms with Gasteiger partial charge in [-0.25, -0.2) is 4.79 Å². The lowest BCUT2D eigenvalue weighted by atomic mass is 9.95. The van der Waals surface area contributed by atoms with Gasteiger partial charge in [0.1, 0.15) is 18.3 Å². The molecule has 2 N–H and O–H groups in total. The number of hydrogen-bond acceptors (Lipinski definition) is 7. The van der Waals surface area contributed by atoms with Crippen molar-refractivity contribution in [3.05, 3.63) is 32.6 Å². The highest BCUT2D eigenvalue weighted by Crippen LogP contribution is 2.43. The fourth-order valence-electron chi connectivity index (χ4n) is 2.80. The number of aromatic amines is 1. The lowest BCUT2D eigenvalue weighted by Gasteiger charge is -2.41. The molecule has 3 rings (SSSR count). The van der Waals surface area contributed by atoms with Crippen LogP contribution in [0, 0.1) is 18.3 Å². The molecule has 9 heteroatoms. The second kappa shape index (κ2) is 5.01. The van der Waals surface area contributed by atoms with Crippen LogP contribution < -0.4 is 11.2 Å². The summed E-state index contributed by atoms with van der Waals surface area (Å²) in [5.74, 6) is -0.990. The van der Waals surface area contributed by atoms with Crippen molar-refractivity contribution in [1.29, 1.82) is 5.26 Å². The van der Waals surface area contributed by atoms with Gasteiger partial charge in [-0.3, -0.25) is 14.3 Å². The average molecular weight is 323 g/mol. The molecular formula is C14H17N3O6. The first-order valence-corrected chi connectivity index (χ1v) is 7.10. The molecule has 2 fully saturated rings. The van der Waals surface area contributed by atoms with E-state index in [2.05, 4.69) is 4.98 Å². The number of nitrogens with zero attached hydrogens (tertiary/aromatic N) is 2. The lowest BCUT2D eigenvalue weighted by molar-refractivity contribution is -0.316. The summed E-state index contributed by atoms with van der Waals surface area (Å²) < 4.78 is 17.8. The number of H-pyrrole nitrogens is 1. The Balaban J connectivity index is 2.05. The predicted molar refractivity (Wildman–Crippen MR) is 75.4 cm³/mol. The van der Waals surface area contributed by atoms with Gasteiger partial charge < -0.3 is 19.3 Å². The molecule has 124 valence electrons. The van der Waals surface area contributed by atoms with Crippen LogP contribution in [-0.2, 0) is 14.2 Å². The quantitative estimate of drug-likeness (QED) is 0.689. The van der Waals surface area contributed by atoms with E-state index in [0.29, 0.717) is 0 Å². The molecular weight excluding hydrogens is 306 g/mol. The van der Waals surface area contributed by atoms with Gasteiger partial charge in [-0.1, -0.05) is 0 Å². The molecule has 0 amide bonds. The monoisotopic (exact) mass is 323 g/mol. The van der Waals surface area contributed by atoms with Gasteiger partial charge in [-0.2, -0.15) is 5.26 Å². The van der Waals surface area contributed by atoms with E-state index in [4.69, 9.17) is 14.2 Å². The molecule has 2 saturated heterocycles. The fraction of sp³-hybridized carbons (Fsp3) is 0.643. The van der Waals surface area contributed by atoms with Gasteiger partial charge in [0.15, 0.2) is 12.0 Å². The van der Waals surface area contributed by atoms with E-state index in [1.807, 2.05) is 6.07 Å². The maximum Gasteiger partial charge on any atom is 0.330 e. The molecule has 2 unspecified atom stereocenters. The van der Waals surface area contributed by atoms with E-state index in [-0.39, 0.29) is 12.2 Å². The Morgan fingerprint density at radius 2 is 2.13 bits per heavy atom. The maximum atomic E-state index is 12.0. The Morgan fingerprint density at radius 1 is 1.43 bits per heavy atom. The van der Waals surface area contributed by atoms with Gasteiger partial charge >= 0.3 is 5.69 Å². The summed E-state index contributed by atoms with van der Waals surface area (Å²) in [5, 5.41) is 20.0. The SMILES string of the molecule is Cc1cn(C2OC3(C#N)COC(C)(C)O[C@H]3[C@H]2O)c(=O)[nH]c1=O. The molecule has 1 aromatic rings. The molecule has 2 aliphatic heterocycles. The highest BCUT2D eigenvalue weighted by Gasteiger charge is 2.61. The van der Waals surface area contributed by atoms with Crippen molar-refractivity contribution in [3.63, 3.8) is 0 Å². The van der Waals surface area contributed by atoms with Gasteiger partial charge in [-0.05, 0) is 20.8 Å². The second-order valence-corrected chi connectivity index (χ2v) is 6.21. The molecule has 9 nitrogen and oxygen atoms in total. The summed E-state index contributed by atoms with van der Waals surface area (Å²) >= 11 is 0. The van der Waals surface area contributed by atoms with Crippen molar-refractivity contribution < 1.29 is 19.3 Å². The Bertz CT molecular complexity index is 791. The fourth-order valence-corrected chi connectivity index (χ4v) is 2.80. The van der Waals surface area contributed by atoms with Crippen molar-refractivity contribution in [2.24, 2.45) is 0 Å². The number of hydrogen-bond donors (Lipinski definition) is 2. The summed E-state index contributed by atoms with van der Waals surface area (Å²) in [6.07, 6.45) is -2.15. The molecule has 4 atom stereocenters. The lowest BCUT2D eigenvalue weighted by Crippen LogP contribution is -2.57. The third kappa shape index (κ3) is 2.40. The maximum absolute atomic E-state index is 12.0. The normalized spacial score (nSPS) is 35.5. The van der Waals surface area contributed by atoms with Gasteiger partial charge in [0.05, 0.1) is 6.61 Å². The Morgan fingerprint density at radius 3 is 2.78 bits per heavy atom. The molecule has 23 heavy (non-hydrogen) atoms. The minimum atomic E-state index is -1.52. The molecule has 0 aliphatic carbocycles. The number of nitriles is 1. The number of ether oxygens (including phenoxy) is 3. The van der Waals surface area contributed by atoms with Crippen LogP contribution in [-0.4, -0.2) is 44.9 Å². The van der Waals surface area contributed by atoms with E-state index < -0.39 is 41.1 Å². The minimum absolute atomic E-state index is 0.105. The minimum Gasteiger partial charge on any atom is -0.385 e. The molecule has 3 heterocycles. The first-order valence-electron chi connectivity index (χ1n) is 7.10. The summed E-state index contributed by atoms with van der Waals surface area (Å²) in [7, 11) is 0. The van der Waals surface area contributed by atoms with Crippen LogP contribution >= 0.6 is 0 Å². The number of aromatic nitrogens is 2. The van der Waals surface area contributed by atoms with E-state index in [9.17, 15) is 20.0 Å². The van der Waals surface area contributed by atoms with E-state index >= 15 is 0 Å². The van der Waals surface area contributed by atoms with Crippen molar-refractivity contribution in [1.82, 2.24) is 9.55 Å². The van der Waals surface area contributed by atoms with Crippen molar-refractivity contribution in [2.45, 2.75) is 50.6 Å². The highest BCUT2D eigenvalue weighted by atomic mass is 16.7. The number of nitrogens with one attached hydrogen (secondary N) is 1. The molecule has 0 aromatic carbocycles. The van der Waals surface area contributed by atoms with Crippen molar-refractivity contribution >= 4 is 0 Å². The summed E-state index contributed by atoms with van der Waals surface area (Å²) in [6, 6.07) is 1.97. The number of rotatable bonds is 1. The first-order chi connectivity index (χ1) is 10.7. The van der Waals surface area contributed by atoms with Crippen LogP contribution in [0.1, 0.15) is 25.6 Å². The Labute approximate surface area is 131 Å². The summed E-state index contributed by atoms with van der Waals surface area (Å²) in [6.45, 7) is 4.73. The molecule has 0 saturated carbocycles. The number of aliphatic hydroxyl groups excluding tert-OH is 1. The average Bonchev–Trinajstić information content (AvgIpc) is 2.76. The molecule has 0 bridgehead atoms. The zero-order valence-electron chi connectivity index (χ0n) is 12.9. The summed E-state index contributed by atoms with van der Waals surface area (Å²) in [5.41, 5.74) is -2.51. The topological polar surface area (TPSA) is 127 Å². The van der Waals surface area contributed by atoms with Crippen LogP contribution in [0.5, 0.6) is 0 Å². The van der Waals surface area contributed by atoms with Gasteiger partial charge in [0, 0.05) is 11.8 Å². The first kappa shape index (κ1) is 15.9. The highest BCUT2D eigenvalue weighted by molar-refractivity contribution is 5.17. The number of aliphatic hydroxyl groups is 1. The third-order valence-corrected chi connectivity index (χ3v) is 4.05. The van der Waals surface area contributed by atoms with Crippen LogP contribution in [0.4, 0.5) is 0 Å². The summed E-state index contributed by atoms with van der Waals surface area (Å²) in [4.78, 5) is 25.6. The molecule has 1 aromatic heterocycles. The largest absolute Gasteiger partial charge is 0.385 e. The Kier molecular flexibility index (Phi) is 3.46. The van der Waals surface area contributed by atoms with Crippen molar-refractivity contribution in [2.75, 3.05) is 6.61 Å². The number of fused-ring (bicyclic) bond motifs is 1. The van der Waals surface area contributed by atoms with Gasteiger partial charge in [0.2, 0.25) is 5.60 Å². The van der Waals surface area contributed by atoms with E-state index in [1.165, 1.54) is 13.1 Å². The standard InChI is InChI=1S/C14H17N3O6/c1-7-4-17(12(20)16-10(7)19)11-8(18)9-14(5-15,23-11)6-21-13(2,3)22-9/h4,8-9,11,18H,6H2,1-3H3,(H,16,19,20)/t8-,9+,11?,14?/m1/s1. The second-order valence-electron chi connectivity index (χ2n) is 6.21. The van der Waals surface area contributed by atoms with Gasteiger partial charge in [0.25, 0.3) is 5.56 Å². The third-order valence-electron chi connectivity index (χ3n) is 4.05. The van der Waals surface area contributed by atoms with Gasteiger partial charge in [-0.15, -0.1) is 0 Å². The van der Waals surface area contributed by atoms with E-state index in [0.717, 1.165) is 4.57 Å². The van der Waals surface area contributed by atoms with Crippen LogP contribution in [0.25, 0.3) is 0 Å². The zero-order chi connectivity index (χ0) is 17.0. The van der Waals surface area contributed by atoms with Crippen LogP contribution in [0.2, 0.25) is 0 Å². The predicted octanol–water partition coefficient (Wildman–Crippen LogP) is -0.851.